The summed E-state index contributed by atoms with van der Waals surface area (Å²) in [7, 11) is 1.84. The average Bonchev–Trinajstić information content (AvgIpc) is 2.36. The largest absolute Gasteiger partial charge is 0.478 e. The van der Waals surface area contributed by atoms with Gasteiger partial charge in [0.1, 0.15) is 0 Å². The van der Waals surface area contributed by atoms with Gasteiger partial charge in [-0.3, -0.25) is 4.79 Å². The van der Waals surface area contributed by atoms with Crippen LogP contribution in [-0.2, 0) is 0 Å². The van der Waals surface area contributed by atoms with Crippen molar-refractivity contribution in [2.45, 2.75) is 20.3 Å². The summed E-state index contributed by atoms with van der Waals surface area (Å²) in [6.45, 7) is 4.76. The Morgan fingerprint density at radius 2 is 1.68 bits per heavy atom. The molecule has 5 heteroatoms. The first-order valence-electron chi connectivity index (χ1n) is 6.25. The summed E-state index contributed by atoms with van der Waals surface area (Å²) in [6, 6.07) is 3.49. The summed E-state index contributed by atoms with van der Waals surface area (Å²) in [5.74, 6) is -1.39. The molecule has 1 amide bonds. The zero-order chi connectivity index (χ0) is 14.4. The van der Waals surface area contributed by atoms with E-state index in [0.717, 1.165) is 13.0 Å². The van der Waals surface area contributed by atoms with Gasteiger partial charge in [0.15, 0.2) is 0 Å². The third kappa shape index (κ3) is 3.79. The summed E-state index contributed by atoms with van der Waals surface area (Å²) in [5.41, 5.74) is 1.62. The number of carbonyl (C=O) groups is 2. The summed E-state index contributed by atoms with van der Waals surface area (Å²) < 4.78 is 0. The van der Waals surface area contributed by atoms with E-state index in [1.807, 2.05) is 7.05 Å². The molecule has 1 aromatic rings. The number of amides is 1. The molecule has 0 atom stereocenters. The van der Waals surface area contributed by atoms with E-state index in [1.165, 1.54) is 0 Å². The molecule has 19 heavy (non-hydrogen) atoms. The van der Waals surface area contributed by atoms with Crippen molar-refractivity contribution in [1.29, 1.82) is 0 Å². The maximum atomic E-state index is 12.1. The zero-order valence-electron chi connectivity index (χ0n) is 11.5. The number of hydrogen-bond donors (Lipinski definition) is 3. The van der Waals surface area contributed by atoms with E-state index in [0.29, 0.717) is 17.7 Å². The summed E-state index contributed by atoms with van der Waals surface area (Å²) in [6.07, 6.45) is 0.801. The van der Waals surface area contributed by atoms with Crippen LogP contribution in [0.5, 0.6) is 0 Å². The maximum Gasteiger partial charge on any atom is 0.336 e. The first-order valence-corrected chi connectivity index (χ1v) is 6.25. The van der Waals surface area contributed by atoms with Crippen molar-refractivity contribution in [2.75, 3.05) is 20.1 Å². The fourth-order valence-electron chi connectivity index (χ4n) is 1.93. The molecule has 0 aliphatic rings. The molecule has 0 bridgehead atoms. The topological polar surface area (TPSA) is 78.4 Å². The van der Waals surface area contributed by atoms with Crippen molar-refractivity contribution in [3.63, 3.8) is 0 Å². The van der Waals surface area contributed by atoms with Gasteiger partial charge in [0.2, 0.25) is 0 Å². The van der Waals surface area contributed by atoms with Crippen LogP contribution in [0, 0.1) is 13.8 Å². The van der Waals surface area contributed by atoms with Crippen molar-refractivity contribution in [2.24, 2.45) is 0 Å². The molecular weight excluding hydrogens is 244 g/mol. The Bertz CT molecular complexity index is 484. The number of carboxylic acid groups (broad SMARTS) is 1. The van der Waals surface area contributed by atoms with Gasteiger partial charge in [0.05, 0.1) is 11.1 Å². The van der Waals surface area contributed by atoms with E-state index >= 15 is 0 Å². The van der Waals surface area contributed by atoms with Gasteiger partial charge in [0.25, 0.3) is 5.91 Å². The van der Waals surface area contributed by atoms with E-state index in [1.54, 1.807) is 26.0 Å². The van der Waals surface area contributed by atoms with Crippen molar-refractivity contribution in [3.05, 3.63) is 34.4 Å². The zero-order valence-corrected chi connectivity index (χ0v) is 11.5. The number of rotatable bonds is 6. The highest BCUT2D eigenvalue weighted by Gasteiger charge is 2.20. The predicted molar refractivity (Wildman–Crippen MR) is 73.8 cm³/mol. The van der Waals surface area contributed by atoms with Gasteiger partial charge >= 0.3 is 5.97 Å². The first kappa shape index (κ1) is 15.2. The van der Waals surface area contributed by atoms with Crippen LogP contribution in [0.3, 0.4) is 0 Å². The molecule has 0 radical (unpaired) electrons. The van der Waals surface area contributed by atoms with Gasteiger partial charge in [0, 0.05) is 6.54 Å². The molecule has 0 heterocycles. The van der Waals surface area contributed by atoms with Crippen LogP contribution in [0.25, 0.3) is 0 Å². The fraction of sp³-hybridized carbons (Fsp3) is 0.429. The van der Waals surface area contributed by atoms with Crippen LogP contribution in [0.2, 0.25) is 0 Å². The molecule has 0 spiro atoms. The lowest BCUT2D eigenvalue weighted by molar-refractivity contribution is 0.0690. The van der Waals surface area contributed by atoms with Gasteiger partial charge in [-0.05, 0) is 45.0 Å². The van der Waals surface area contributed by atoms with Gasteiger partial charge in [-0.2, -0.15) is 0 Å². The average molecular weight is 264 g/mol. The number of benzene rings is 1. The van der Waals surface area contributed by atoms with Crippen molar-refractivity contribution < 1.29 is 14.7 Å². The second-order valence-electron chi connectivity index (χ2n) is 4.47. The normalized spacial score (nSPS) is 10.3. The van der Waals surface area contributed by atoms with E-state index in [4.69, 9.17) is 0 Å². The van der Waals surface area contributed by atoms with E-state index in [-0.39, 0.29) is 17.0 Å². The molecule has 0 saturated heterocycles. The molecule has 0 unspecified atom stereocenters. The Kier molecular flexibility index (Phi) is 5.51. The number of nitrogens with one attached hydrogen (secondary N) is 2. The number of hydrogen-bond acceptors (Lipinski definition) is 3. The quantitative estimate of drug-likeness (QED) is 0.678. The minimum atomic E-state index is -1.07. The lowest BCUT2D eigenvalue weighted by atomic mass is 9.96. The molecular formula is C14H20N2O3. The second kappa shape index (κ2) is 6.89. The minimum absolute atomic E-state index is 0.0890. The standard InChI is InChI=1S/C14H20N2O3/c1-9-5-6-10(2)12(14(18)19)11(9)13(17)16-8-4-7-15-3/h5-6,15H,4,7-8H2,1-3H3,(H,16,17)(H,18,19). The smallest absolute Gasteiger partial charge is 0.336 e. The number of aryl methyl sites for hydroxylation is 2. The molecule has 5 nitrogen and oxygen atoms in total. The van der Waals surface area contributed by atoms with Crippen molar-refractivity contribution in [1.82, 2.24) is 10.6 Å². The van der Waals surface area contributed by atoms with E-state index in [9.17, 15) is 14.7 Å². The van der Waals surface area contributed by atoms with E-state index < -0.39 is 5.97 Å². The number of carbonyl (C=O) groups excluding carboxylic acids is 1. The van der Waals surface area contributed by atoms with Gasteiger partial charge in [-0.25, -0.2) is 4.79 Å². The second-order valence-corrected chi connectivity index (χ2v) is 4.47. The van der Waals surface area contributed by atoms with Gasteiger partial charge in [-0.1, -0.05) is 12.1 Å². The van der Waals surface area contributed by atoms with Gasteiger partial charge in [-0.15, -0.1) is 0 Å². The first-order chi connectivity index (χ1) is 8.99. The molecule has 0 fully saturated rings. The SMILES string of the molecule is CNCCCNC(=O)c1c(C)ccc(C)c1C(=O)O. The van der Waals surface area contributed by atoms with E-state index in [2.05, 4.69) is 10.6 Å². The van der Waals surface area contributed by atoms with Crippen LogP contribution in [-0.4, -0.2) is 37.1 Å². The lowest BCUT2D eigenvalue weighted by Crippen LogP contribution is -2.29. The lowest BCUT2D eigenvalue weighted by Gasteiger charge is -2.12. The minimum Gasteiger partial charge on any atom is -0.478 e. The Balaban J connectivity index is 2.95. The van der Waals surface area contributed by atoms with Crippen LogP contribution in [0.15, 0.2) is 12.1 Å². The third-order valence-electron chi connectivity index (χ3n) is 2.95. The summed E-state index contributed by atoms with van der Waals surface area (Å²) in [5, 5.41) is 15.0. The monoisotopic (exact) mass is 264 g/mol. The molecule has 0 aliphatic heterocycles. The molecule has 0 saturated carbocycles. The number of aromatic carboxylic acids is 1. The van der Waals surface area contributed by atoms with Crippen LogP contribution in [0.1, 0.15) is 38.3 Å². The van der Waals surface area contributed by atoms with Crippen LogP contribution >= 0.6 is 0 Å². The summed E-state index contributed by atoms with van der Waals surface area (Å²) >= 11 is 0. The predicted octanol–water partition coefficient (Wildman–Crippen LogP) is 1.34. The highest BCUT2D eigenvalue weighted by atomic mass is 16.4. The Hall–Kier alpha value is -1.88. The Labute approximate surface area is 113 Å². The highest BCUT2D eigenvalue weighted by Crippen LogP contribution is 2.18. The molecule has 3 N–H and O–H groups in total. The molecule has 0 aromatic heterocycles. The summed E-state index contributed by atoms with van der Waals surface area (Å²) in [4.78, 5) is 23.4. The van der Waals surface area contributed by atoms with Gasteiger partial charge < -0.3 is 15.7 Å². The molecule has 1 aromatic carbocycles. The fourth-order valence-corrected chi connectivity index (χ4v) is 1.93. The third-order valence-corrected chi connectivity index (χ3v) is 2.95. The molecule has 0 aliphatic carbocycles. The van der Waals surface area contributed by atoms with Crippen molar-refractivity contribution in [3.8, 4) is 0 Å². The Morgan fingerprint density at radius 1 is 1.11 bits per heavy atom. The number of carboxylic acids is 1. The van der Waals surface area contributed by atoms with Crippen LogP contribution < -0.4 is 10.6 Å². The highest BCUT2D eigenvalue weighted by molar-refractivity contribution is 6.06. The van der Waals surface area contributed by atoms with Crippen molar-refractivity contribution >= 4 is 11.9 Å². The maximum absolute atomic E-state index is 12.1. The Morgan fingerprint density at radius 3 is 2.21 bits per heavy atom. The molecule has 1 rings (SSSR count). The molecule has 104 valence electrons. The van der Waals surface area contributed by atoms with Crippen LogP contribution in [0.4, 0.5) is 0 Å².